The molecule has 0 unspecified atom stereocenters. The van der Waals surface area contributed by atoms with Crippen molar-refractivity contribution in [1.29, 1.82) is 0 Å². The molecule has 9 heteroatoms. The lowest BCUT2D eigenvalue weighted by Crippen LogP contribution is -2.38. The molecule has 0 saturated carbocycles. The first-order chi connectivity index (χ1) is 11.8. The van der Waals surface area contributed by atoms with Gasteiger partial charge in [-0.25, -0.2) is 0 Å². The third-order valence-corrected chi connectivity index (χ3v) is 4.36. The van der Waals surface area contributed by atoms with Gasteiger partial charge in [-0.05, 0) is 18.9 Å². The van der Waals surface area contributed by atoms with Crippen molar-refractivity contribution in [3.8, 4) is 5.88 Å². The quantitative estimate of drug-likeness (QED) is 0.766. The van der Waals surface area contributed by atoms with E-state index in [0.717, 1.165) is 18.7 Å². The number of aromatic nitrogens is 6. The van der Waals surface area contributed by atoms with E-state index >= 15 is 0 Å². The van der Waals surface area contributed by atoms with Gasteiger partial charge in [0.05, 0.1) is 18.9 Å². The van der Waals surface area contributed by atoms with Crippen LogP contribution in [0.3, 0.4) is 0 Å². The summed E-state index contributed by atoms with van der Waals surface area (Å²) in [5.41, 5.74) is 1.29. The van der Waals surface area contributed by atoms with Crippen LogP contribution < -0.4 is 4.74 Å². The number of hydrogen-bond donors (Lipinski definition) is 1. The van der Waals surface area contributed by atoms with E-state index in [1.165, 1.54) is 0 Å². The number of aromatic amines is 1. The van der Waals surface area contributed by atoms with Crippen molar-refractivity contribution in [1.82, 2.24) is 34.9 Å². The molecule has 24 heavy (non-hydrogen) atoms. The number of rotatable bonds is 3. The number of carbonyl (C=O) groups is 1. The van der Waals surface area contributed by atoms with Crippen LogP contribution in [0, 0.1) is 0 Å². The maximum atomic E-state index is 12.4. The summed E-state index contributed by atoms with van der Waals surface area (Å²) in [5, 5.41) is 19.4. The predicted octanol–water partition coefficient (Wildman–Crippen LogP) is 0.876. The molecule has 0 spiro atoms. The smallest absolute Gasteiger partial charge is 0.257 e. The molecule has 1 N–H and O–H groups in total. The third-order valence-electron chi connectivity index (χ3n) is 4.36. The Labute approximate surface area is 137 Å². The molecule has 1 aliphatic heterocycles. The topological polar surface area (TPSA) is 101 Å². The summed E-state index contributed by atoms with van der Waals surface area (Å²) in [4.78, 5) is 14.2. The van der Waals surface area contributed by atoms with Gasteiger partial charge in [-0.1, -0.05) is 0 Å². The zero-order valence-corrected chi connectivity index (χ0v) is 13.2. The van der Waals surface area contributed by atoms with Crippen molar-refractivity contribution >= 4 is 11.6 Å². The SMILES string of the molecule is COc1ccc2nnc(C3CCN(C(=O)c4cn[nH]c4)CC3)n2n1. The van der Waals surface area contributed by atoms with E-state index in [2.05, 4.69) is 25.5 Å². The van der Waals surface area contributed by atoms with Gasteiger partial charge in [-0.2, -0.15) is 9.61 Å². The molecule has 1 amide bonds. The molecule has 124 valence electrons. The normalized spacial score (nSPS) is 15.8. The van der Waals surface area contributed by atoms with Crippen molar-refractivity contribution in [3.05, 3.63) is 35.9 Å². The van der Waals surface area contributed by atoms with Crippen molar-refractivity contribution in [2.24, 2.45) is 0 Å². The lowest BCUT2D eigenvalue weighted by molar-refractivity contribution is 0.0710. The molecule has 3 aromatic rings. The maximum absolute atomic E-state index is 12.4. The molecule has 4 heterocycles. The molecule has 0 radical (unpaired) electrons. The first kappa shape index (κ1) is 14.6. The van der Waals surface area contributed by atoms with Gasteiger partial charge in [0.15, 0.2) is 11.5 Å². The average Bonchev–Trinajstić information content (AvgIpc) is 3.30. The molecule has 4 rings (SSSR count). The van der Waals surface area contributed by atoms with Crippen LogP contribution in [-0.2, 0) is 0 Å². The molecule has 0 bridgehead atoms. The summed E-state index contributed by atoms with van der Waals surface area (Å²) in [6.45, 7) is 1.35. The second-order valence-corrected chi connectivity index (χ2v) is 5.76. The number of methoxy groups -OCH3 is 1. The van der Waals surface area contributed by atoms with Crippen LogP contribution in [0.2, 0.25) is 0 Å². The first-order valence-electron chi connectivity index (χ1n) is 7.80. The van der Waals surface area contributed by atoms with E-state index in [1.54, 1.807) is 30.1 Å². The zero-order chi connectivity index (χ0) is 16.5. The highest BCUT2D eigenvalue weighted by Gasteiger charge is 2.28. The van der Waals surface area contributed by atoms with Crippen molar-refractivity contribution in [2.45, 2.75) is 18.8 Å². The van der Waals surface area contributed by atoms with Gasteiger partial charge >= 0.3 is 0 Å². The fourth-order valence-electron chi connectivity index (χ4n) is 3.04. The van der Waals surface area contributed by atoms with Gasteiger partial charge in [0, 0.05) is 31.3 Å². The predicted molar refractivity (Wildman–Crippen MR) is 83.8 cm³/mol. The molecule has 9 nitrogen and oxygen atoms in total. The Morgan fingerprint density at radius 2 is 2.12 bits per heavy atom. The number of ether oxygens (including phenoxy) is 1. The molecule has 1 aliphatic rings. The minimum Gasteiger partial charge on any atom is -0.480 e. The van der Waals surface area contributed by atoms with E-state index in [9.17, 15) is 4.79 Å². The number of amides is 1. The van der Waals surface area contributed by atoms with Crippen LogP contribution in [0.5, 0.6) is 5.88 Å². The second kappa shape index (κ2) is 5.91. The second-order valence-electron chi connectivity index (χ2n) is 5.76. The highest BCUT2D eigenvalue weighted by molar-refractivity contribution is 5.93. The standard InChI is InChI=1S/C15H17N7O2/c1-24-13-3-2-12-18-19-14(22(12)20-13)10-4-6-21(7-5-10)15(23)11-8-16-17-9-11/h2-3,8-10H,4-7H2,1H3,(H,16,17). The highest BCUT2D eigenvalue weighted by Crippen LogP contribution is 2.27. The largest absolute Gasteiger partial charge is 0.480 e. The molecular formula is C15H17N7O2. The minimum absolute atomic E-state index is 0.00750. The van der Waals surface area contributed by atoms with Gasteiger partial charge in [0.25, 0.3) is 5.91 Å². The molecule has 1 fully saturated rings. The molecular weight excluding hydrogens is 310 g/mol. The fourth-order valence-corrected chi connectivity index (χ4v) is 3.04. The summed E-state index contributed by atoms with van der Waals surface area (Å²) in [6, 6.07) is 3.60. The van der Waals surface area contributed by atoms with Crippen LogP contribution in [-0.4, -0.2) is 61.0 Å². The molecule has 0 aromatic carbocycles. The Balaban J connectivity index is 1.51. The van der Waals surface area contributed by atoms with E-state index in [0.29, 0.717) is 30.2 Å². The number of piperidine rings is 1. The molecule has 3 aromatic heterocycles. The van der Waals surface area contributed by atoms with Crippen LogP contribution >= 0.6 is 0 Å². The van der Waals surface area contributed by atoms with Gasteiger partial charge in [0.1, 0.15) is 0 Å². The van der Waals surface area contributed by atoms with Crippen LogP contribution in [0.25, 0.3) is 5.65 Å². The van der Waals surface area contributed by atoms with E-state index in [1.807, 2.05) is 11.0 Å². The van der Waals surface area contributed by atoms with Gasteiger partial charge in [0.2, 0.25) is 5.88 Å². The van der Waals surface area contributed by atoms with Crippen LogP contribution in [0.1, 0.15) is 34.9 Å². The Hall–Kier alpha value is -2.97. The summed E-state index contributed by atoms with van der Waals surface area (Å²) >= 11 is 0. The summed E-state index contributed by atoms with van der Waals surface area (Å²) in [6.07, 6.45) is 4.82. The van der Waals surface area contributed by atoms with Crippen molar-refractivity contribution < 1.29 is 9.53 Å². The zero-order valence-electron chi connectivity index (χ0n) is 13.2. The van der Waals surface area contributed by atoms with Crippen LogP contribution in [0.15, 0.2) is 24.5 Å². The summed E-state index contributed by atoms with van der Waals surface area (Å²) in [5.74, 6) is 1.57. The Kier molecular flexibility index (Phi) is 3.60. The van der Waals surface area contributed by atoms with Gasteiger partial charge in [-0.3, -0.25) is 9.89 Å². The number of carbonyl (C=O) groups excluding carboxylic acids is 1. The monoisotopic (exact) mass is 327 g/mol. The average molecular weight is 327 g/mol. The molecule has 0 aliphatic carbocycles. The number of nitrogens with one attached hydrogen (secondary N) is 1. The lowest BCUT2D eigenvalue weighted by atomic mass is 9.96. The number of hydrogen-bond acceptors (Lipinski definition) is 6. The maximum Gasteiger partial charge on any atom is 0.257 e. The minimum atomic E-state index is 0.00750. The number of likely N-dealkylation sites (tertiary alicyclic amines) is 1. The van der Waals surface area contributed by atoms with E-state index < -0.39 is 0 Å². The number of nitrogens with zero attached hydrogens (tertiary/aromatic N) is 6. The summed E-state index contributed by atoms with van der Waals surface area (Å²) in [7, 11) is 1.58. The van der Waals surface area contributed by atoms with Gasteiger partial charge < -0.3 is 9.64 Å². The lowest BCUT2D eigenvalue weighted by Gasteiger charge is -2.30. The van der Waals surface area contributed by atoms with Crippen molar-refractivity contribution in [3.63, 3.8) is 0 Å². The Morgan fingerprint density at radius 3 is 2.83 bits per heavy atom. The number of H-pyrrole nitrogens is 1. The first-order valence-corrected chi connectivity index (χ1v) is 7.80. The fraction of sp³-hybridized carbons (Fsp3) is 0.400. The van der Waals surface area contributed by atoms with Crippen molar-refractivity contribution in [2.75, 3.05) is 20.2 Å². The Morgan fingerprint density at radius 1 is 1.29 bits per heavy atom. The third kappa shape index (κ3) is 2.47. The molecule has 1 saturated heterocycles. The van der Waals surface area contributed by atoms with E-state index in [4.69, 9.17) is 4.74 Å². The summed E-state index contributed by atoms with van der Waals surface area (Å²) < 4.78 is 6.91. The molecule has 0 atom stereocenters. The van der Waals surface area contributed by atoms with Crippen LogP contribution in [0.4, 0.5) is 0 Å². The van der Waals surface area contributed by atoms with Gasteiger partial charge in [-0.15, -0.1) is 15.3 Å². The highest BCUT2D eigenvalue weighted by atomic mass is 16.5. The van der Waals surface area contributed by atoms with E-state index in [-0.39, 0.29) is 11.8 Å². The Bertz CT molecular complexity index is 850. The number of fused-ring (bicyclic) bond motifs is 1.